The van der Waals surface area contributed by atoms with E-state index >= 15 is 0 Å². The van der Waals surface area contributed by atoms with Crippen LogP contribution < -0.4 is 5.73 Å². The molecule has 0 fully saturated rings. The van der Waals surface area contributed by atoms with Crippen molar-refractivity contribution in [3.8, 4) is 0 Å². The van der Waals surface area contributed by atoms with Crippen molar-refractivity contribution in [2.75, 3.05) is 6.54 Å². The Balaban J connectivity index is 0. The first-order chi connectivity index (χ1) is 9.81. The average molecular weight is 320 g/mol. The van der Waals surface area contributed by atoms with Crippen LogP contribution in [-0.4, -0.2) is 12.3 Å². The van der Waals surface area contributed by atoms with Crippen LogP contribution in [0.25, 0.3) is 0 Å². The lowest BCUT2D eigenvalue weighted by atomic mass is 10.0. The zero-order chi connectivity index (χ0) is 14.9. The highest BCUT2D eigenvalue weighted by atomic mass is 35.5. The topological polar surface area (TPSA) is 43.1 Å². The Morgan fingerprint density at radius 2 is 1.05 bits per heavy atom. The summed E-state index contributed by atoms with van der Waals surface area (Å²) in [5.41, 5.74) is 5.42. The molecule has 0 aromatic carbocycles. The van der Waals surface area contributed by atoms with Gasteiger partial charge in [0.05, 0.1) is 0 Å². The van der Waals surface area contributed by atoms with E-state index in [0.717, 1.165) is 32.1 Å². The second kappa shape index (κ2) is 19.9. The summed E-state index contributed by atoms with van der Waals surface area (Å²) in [5.74, 6) is 0.439. The molecule has 0 aromatic heterocycles. The fourth-order valence-electron chi connectivity index (χ4n) is 2.58. The third-order valence-corrected chi connectivity index (χ3v) is 3.97. The molecule has 128 valence electrons. The molecule has 0 saturated heterocycles. The number of carbonyl (C=O) groups is 1. The molecule has 0 atom stereocenters. The van der Waals surface area contributed by atoms with Crippen molar-refractivity contribution >= 4 is 18.2 Å². The van der Waals surface area contributed by atoms with Gasteiger partial charge in [-0.1, -0.05) is 71.1 Å². The van der Waals surface area contributed by atoms with Gasteiger partial charge in [-0.2, -0.15) is 0 Å². The van der Waals surface area contributed by atoms with E-state index < -0.39 is 0 Å². The highest BCUT2D eigenvalue weighted by Crippen LogP contribution is 2.12. The van der Waals surface area contributed by atoms with Crippen molar-refractivity contribution in [2.45, 2.75) is 103 Å². The highest BCUT2D eigenvalue weighted by molar-refractivity contribution is 5.85. The minimum Gasteiger partial charge on any atom is -0.330 e. The molecule has 0 aliphatic heterocycles. The Kier molecular flexibility index (Phi) is 22.0. The minimum atomic E-state index is 0. The standard InChI is InChI=1S/C18H37NO.ClH/c1-2-3-4-5-6-7-8-9-10-11-12-15-18(20)16-13-14-17-19;/h2-17,19H2,1H3;1H. The zero-order valence-electron chi connectivity index (χ0n) is 14.2. The molecule has 0 amide bonds. The Hall–Kier alpha value is -0.0800. The van der Waals surface area contributed by atoms with E-state index in [2.05, 4.69) is 6.92 Å². The quantitative estimate of drug-likeness (QED) is 0.365. The lowest BCUT2D eigenvalue weighted by Crippen LogP contribution is -2.02. The van der Waals surface area contributed by atoms with E-state index in [0.29, 0.717) is 12.3 Å². The Labute approximate surface area is 139 Å². The molecule has 0 aliphatic carbocycles. The molecule has 0 aromatic rings. The van der Waals surface area contributed by atoms with Crippen LogP contribution in [0.5, 0.6) is 0 Å². The first-order valence-electron chi connectivity index (χ1n) is 9.03. The van der Waals surface area contributed by atoms with Gasteiger partial charge in [-0.25, -0.2) is 0 Å². The van der Waals surface area contributed by atoms with E-state index in [1.807, 2.05) is 0 Å². The number of rotatable bonds is 16. The molecule has 2 N–H and O–H groups in total. The predicted molar refractivity (Wildman–Crippen MR) is 96.2 cm³/mol. The van der Waals surface area contributed by atoms with Crippen LogP contribution in [0, 0.1) is 0 Å². The van der Waals surface area contributed by atoms with Crippen molar-refractivity contribution in [1.29, 1.82) is 0 Å². The largest absolute Gasteiger partial charge is 0.330 e. The van der Waals surface area contributed by atoms with Gasteiger partial charge in [0.25, 0.3) is 0 Å². The Bertz CT molecular complexity index is 209. The number of hydrogen-bond acceptors (Lipinski definition) is 2. The lowest BCUT2D eigenvalue weighted by Gasteiger charge is -2.03. The molecular formula is C18H38ClNO. The summed E-state index contributed by atoms with van der Waals surface area (Å²) < 4.78 is 0. The number of ketones is 1. The predicted octanol–water partition coefficient (Wildman–Crippen LogP) is 5.81. The molecule has 21 heavy (non-hydrogen) atoms. The van der Waals surface area contributed by atoms with Gasteiger partial charge in [0, 0.05) is 12.8 Å². The van der Waals surface area contributed by atoms with Crippen molar-refractivity contribution < 1.29 is 4.79 Å². The monoisotopic (exact) mass is 319 g/mol. The van der Waals surface area contributed by atoms with E-state index in [9.17, 15) is 4.79 Å². The molecule has 2 nitrogen and oxygen atoms in total. The van der Waals surface area contributed by atoms with Gasteiger partial charge < -0.3 is 5.73 Å². The van der Waals surface area contributed by atoms with Crippen molar-refractivity contribution in [3.05, 3.63) is 0 Å². The number of halogens is 1. The minimum absolute atomic E-state index is 0. The maximum Gasteiger partial charge on any atom is 0.132 e. The first-order valence-corrected chi connectivity index (χ1v) is 9.03. The number of nitrogens with two attached hydrogens (primary N) is 1. The molecule has 0 radical (unpaired) electrons. The smallest absolute Gasteiger partial charge is 0.132 e. The molecule has 0 heterocycles. The fourth-order valence-corrected chi connectivity index (χ4v) is 2.58. The molecule has 3 heteroatoms. The summed E-state index contributed by atoms with van der Waals surface area (Å²) >= 11 is 0. The highest BCUT2D eigenvalue weighted by Gasteiger charge is 2.01. The van der Waals surface area contributed by atoms with Crippen LogP contribution in [0.4, 0.5) is 0 Å². The Morgan fingerprint density at radius 1 is 0.667 bits per heavy atom. The summed E-state index contributed by atoms with van der Waals surface area (Å²) in [6.07, 6.45) is 18.3. The van der Waals surface area contributed by atoms with Crippen LogP contribution in [0.2, 0.25) is 0 Å². The van der Waals surface area contributed by atoms with Crippen LogP contribution in [-0.2, 0) is 4.79 Å². The van der Waals surface area contributed by atoms with Crippen LogP contribution >= 0.6 is 12.4 Å². The van der Waals surface area contributed by atoms with Gasteiger partial charge in [0.1, 0.15) is 5.78 Å². The van der Waals surface area contributed by atoms with Gasteiger partial charge in [0.15, 0.2) is 0 Å². The molecule has 0 unspecified atom stereocenters. The summed E-state index contributed by atoms with van der Waals surface area (Å²) in [5, 5.41) is 0. The summed E-state index contributed by atoms with van der Waals surface area (Å²) in [7, 11) is 0. The summed E-state index contributed by atoms with van der Waals surface area (Å²) in [4.78, 5) is 11.5. The van der Waals surface area contributed by atoms with Crippen LogP contribution in [0.3, 0.4) is 0 Å². The molecular weight excluding hydrogens is 282 g/mol. The molecule has 0 saturated carbocycles. The summed E-state index contributed by atoms with van der Waals surface area (Å²) in [6, 6.07) is 0. The fraction of sp³-hybridized carbons (Fsp3) is 0.944. The molecule has 0 spiro atoms. The third-order valence-electron chi connectivity index (χ3n) is 3.97. The summed E-state index contributed by atoms with van der Waals surface area (Å²) in [6.45, 7) is 2.98. The van der Waals surface area contributed by atoms with Crippen LogP contribution in [0.1, 0.15) is 103 Å². The second-order valence-electron chi connectivity index (χ2n) is 6.07. The van der Waals surface area contributed by atoms with Crippen molar-refractivity contribution in [3.63, 3.8) is 0 Å². The SMILES string of the molecule is CCCCCCCCCCCCCC(=O)CCCCN.Cl. The molecule has 0 bridgehead atoms. The van der Waals surface area contributed by atoms with Crippen molar-refractivity contribution in [2.24, 2.45) is 5.73 Å². The van der Waals surface area contributed by atoms with Crippen molar-refractivity contribution in [1.82, 2.24) is 0 Å². The lowest BCUT2D eigenvalue weighted by molar-refractivity contribution is -0.119. The Morgan fingerprint density at radius 3 is 1.48 bits per heavy atom. The number of Topliss-reactive ketones (excluding diaryl/α,β-unsaturated/α-hetero) is 1. The van der Waals surface area contributed by atoms with Gasteiger partial charge in [-0.3, -0.25) is 4.79 Å². The van der Waals surface area contributed by atoms with E-state index in [1.54, 1.807) is 0 Å². The van der Waals surface area contributed by atoms with Gasteiger partial charge >= 0.3 is 0 Å². The maximum atomic E-state index is 11.5. The molecule has 0 rings (SSSR count). The van der Waals surface area contributed by atoms with Gasteiger partial charge in [-0.05, 0) is 25.8 Å². The van der Waals surface area contributed by atoms with E-state index in [1.165, 1.54) is 64.2 Å². The third kappa shape index (κ3) is 19.9. The van der Waals surface area contributed by atoms with E-state index in [-0.39, 0.29) is 12.4 Å². The van der Waals surface area contributed by atoms with E-state index in [4.69, 9.17) is 5.73 Å². The zero-order valence-corrected chi connectivity index (χ0v) is 15.0. The number of hydrogen-bond donors (Lipinski definition) is 1. The van der Waals surface area contributed by atoms with Gasteiger partial charge in [0.2, 0.25) is 0 Å². The maximum absolute atomic E-state index is 11.5. The number of unbranched alkanes of at least 4 members (excludes halogenated alkanes) is 11. The first kappa shape index (κ1) is 23.2. The molecule has 0 aliphatic rings. The second-order valence-corrected chi connectivity index (χ2v) is 6.07. The van der Waals surface area contributed by atoms with Gasteiger partial charge in [-0.15, -0.1) is 12.4 Å². The van der Waals surface area contributed by atoms with Crippen LogP contribution in [0.15, 0.2) is 0 Å². The average Bonchev–Trinajstić information content (AvgIpc) is 2.45. The number of carbonyl (C=O) groups excluding carboxylic acids is 1. The normalized spacial score (nSPS) is 10.4.